The van der Waals surface area contributed by atoms with Crippen LogP contribution in [0.2, 0.25) is 0 Å². The third-order valence-corrected chi connectivity index (χ3v) is 5.71. The van der Waals surface area contributed by atoms with Crippen LogP contribution in [0.4, 0.5) is 5.69 Å². The zero-order valence-electron chi connectivity index (χ0n) is 10.2. The van der Waals surface area contributed by atoms with Gasteiger partial charge in [0.05, 0.1) is 12.2 Å². The lowest BCUT2D eigenvalue weighted by Gasteiger charge is -2.45. The highest BCUT2D eigenvalue weighted by atomic mass is 32.3. The first-order valence-corrected chi connectivity index (χ1v) is 7.74. The Morgan fingerprint density at radius 3 is 2.61 bits per heavy atom. The Morgan fingerprint density at radius 1 is 1.17 bits per heavy atom. The van der Waals surface area contributed by atoms with Crippen LogP contribution < -0.4 is 9.62 Å². The Hall–Kier alpha value is -0.790. The van der Waals surface area contributed by atoms with Crippen LogP contribution in [0.5, 0.6) is 0 Å². The summed E-state index contributed by atoms with van der Waals surface area (Å²) in [5, 5.41) is 3.27. The van der Waals surface area contributed by atoms with Crippen molar-refractivity contribution >= 4 is 16.6 Å². The third kappa shape index (κ3) is 2.00. The molecule has 2 aliphatic heterocycles. The van der Waals surface area contributed by atoms with Crippen LogP contribution >= 0.6 is 11.0 Å². The van der Waals surface area contributed by atoms with Gasteiger partial charge in [-0.2, -0.15) is 4.31 Å². The van der Waals surface area contributed by atoms with E-state index in [4.69, 9.17) is 0 Å². The minimum absolute atomic E-state index is 0.240. The predicted molar refractivity (Wildman–Crippen MR) is 74.6 cm³/mol. The first-order valence-electron chi connectivity index (χ1n) is 6.28. The molecule has 100 valence electrons. The Morgan fingerprint density at radius 2 is 1.94 bits per heavy atom. The van der Waals surface area contributed by atoms with E-state index in [9.17, 15) is 9.11 Å². The molecule has 3 rings (SSSR count). The van der Waals surface area contributed by atoms with Gasteiger partial charge in [-0.25, -0.2) is 0 Å². The van der Waals surface area contributed by atoms with Gasteiger partial charge in [0.2, 0.25) is 0 Å². The van der Waals surface area contributed by atoms with Gasteiger partial charge in [0.25, 0.3) is 0 Å². The molecular weight excluding hydrogens is 250 g/mol. The summed E-state index contributed by atoms with van der Waals surface area (Å²) in [5.74, 6) is 0. The molecule has 1 atom stereocenters. The van der Waals surface area contributed by atoms with E-state index in [1.54, 1.807) is 4.31 Å². The number of nitrogens with one attached hydrogen (secondary N) is 1. The molecule has 1 aromatic rings. The number of para-hydroxylation sites is 1. The average molecular weight is 269 g/mol. The fourth-order valence-electron chi connectivity index (χ4n) is 2.69. The maximum absolute atomic E-state index is 10.5. The Balaban J connectivity index is 1.82. The van der Waals surface area contributed by atoms with E-state index in [1.165, 1.54) is 0 Å². The van der Waals surface area contributed by atoms with Gasteiger partial charge < -0.3 is 5.32 Å². The maximum Gasteiger partial charge on any atom is 0.0583 e. The van der Waals surface area contributed by atoms with E-state index in [0.717, 1.165) is 25.2 Å². The number of hydrogen-bond acceptors (Lipinski definition) is 5. The smallest absolute Gasteiger partial charge is 0.0583 e. The zero-order chi connectivity index (χ0) is 12.6. The van der Waals surface area contributed by atoms with Crippen molar-refractivity contribution in [3.63, 3.8) is 0 Å². The van der Waals surface area contributed by atoms with E-state index < -0.39 is 11.0 Å². The summed E-state index contributed by atoms with van der Waals surface area (Å²) in [6.45, 7) is 3.19. The van der Waals surface area contributed by atoms with Crippen molar-refractivity contribution < 1.29 is 9.11 Å². The minimum Gasteiger partial charge on any atom is -0.315 e. The van der Waals surface area contributed by atoms with Crippen molar-refractivity contribution in [1.29, 1.82) is 0 Å². The van der Waals surface area contributed by atoms with Gasteiger partial charge in [0.15, 0.2) is 0 Å². The molecule has 0 bridgehead atoms. The second kappa shape index (κ2) is 4.71. The second-order valence-corrected chi connectivity index (χ2v) is 6.60. The van der Waals surface area contributed by atoms with Crippen molar-refractivity contribution in [3.8, 4) is 0 Å². The van der Waals surface area contributed by atoms with Gasteiger partial charge in [0.1, 0.15) is 0 Å². The molecule has 0 aliphatic carbocycles. The molecule has 1 unspecified atom stereocenters. The van der Waals surface area contributed by atoms with Crippen LogP contribution in [0, 0.1) is 0 Å². The summed E-state index contributed by atoms with van der Waals surface area (Å²) in [5.41, 5.74) is 0.881. The number of nitrogens with zero attached hydrogens (tertiary/aromatic N) is 2. The van der Waals surface area contributed by atoms with Crippen molar-refractivity contribution in [2.75, 3.05) is 30.5 Å². The van der Waals surface area contributed by atoms with Gasteiger partial charge in [0, 0.05) is 19.1 Å². The molecule has 2 saturated heterocycles. The van der Waals surface area contributed by atoms with Crippen molar-refractivity contribution in [3.05, 3.63) is 30.3 Å². The highest BCUT2D eigenvalue weighted by Crippen LogP contribution is 2.54. The number of anilines is 1. The molecule has 2 fully saturated rings. The number of rotatable bonds is 2. The number of hydrogen-bond donors (Lipinski definition) is 3. The van der Waals surface area contributed by atoms with Crippen molar-refractivity contribution in [2.24, 2.45) is 0 Å². The summed E-state index contributed by atoms with van der Waals surface area (Å²) < 4.78 is 24.6. The standard InChI is InChI=1S/C12H19N3O2S/c16-18(17)14(11-4-2-1-3-5-11)8-9-15(18)12-6-7-13-10-12/h1-5,12-13,16-17H,6-10H2. The molecule has 0 saturated carbocycles. The van der Waals surface area contributed by atoms with Crippen LogP contribution in [-0.4, -0.2) is 45.6 Å². The fraction of sp³-hybridized carbons (Fsp3) is 0.500. The van der Waals surface area contributed by atoms with Crippen LogP contribution in [-0.2, 0) is 0 Å². The monoisotopic (exact) mass is 269 g/mol. The Bertz CT molecular complexity index is 409. The number of benzene rings is 1. The molecule has 2 heterocycles. The van der Waals surface area contributed by atoms with Gasteiger partial charge in [-0.1, -0.05) is 29.2 Å². The third-order valence-electron chi connectivity index (χ3n) is 3.62. The largest absolute Gasteiger partial charge is 0.315 e. The molecular formula is C12H19N3O2S. The van der Waals surface area contributed by atoms with E-state index in [2.05, 4.69) is 5.32 Å². The fourth-order valence-corrected chi connectivity index (χ4v) is 4.58. The summed E-state index contributed by atoms with van der Waals surface area (Å²) in [6.07, 6.45) is 0.985. The molecule has 3 N–H and O–H groups in total. The normalized spacial score (nSPS) is 29.7. The van der Waals surface area contributed by atoms with Crippen LogP contribution in [0.1, 0.15) is 6.42 Å². The first kappa shape index (κ1) is 12.3. The lowest BCUT2D eigenvalue weighted by atomic mass is 10.2. The van der Waals surface area contributed by atoms with E-state index in [-0.39, 0.29) is 6.04 Å². The van der Waals surface area contributed by atoms with Crippen LogP contribution in [0.15, 0.2) is 30.3 Å². The molecule has 1 aromatic carbocycles. The summed E-state index contributed by atoms with van der Waals surface area (Å²) >= 11 is 0. The first-order chi connectivity index (χ1) is 8.69. The molecule has 0 aromatic heterocycles. The molecule has 2 aliphatic rings. The summed E-state index contributed by atoms with van der Waals surface area (Å²) in [7, 11) is -2.84. The zero-order valence-corrected chi connectivity index (χ0v) is 11.0. The predicted octanol–water partition coefficient (Wildman–Crippen LogP) is 1.75. The van der Waals surface area contributed by atoms with E-state index in [1.807, 2.05) is 34.6 Å². The molecule has 0 spiro atoms. The molecule has 5 nitrogen and oxygen atoms in total. The lowest BCUT2D eigenvalue weighted by Crippen LogP contribution is -2.38. The van der Waals surface area contributed by atoms with Gasteiger partial charge in [-0.3, -0.25) is 13.4 Å². The Labute approximate surface area is 109 Å². The SMILES string of the molecule is OS1(O)N(c2ccccc2)CCN1C1CCNC1. The second-order valence-electron chi connectivity index (χ2n) is 4.71. The highest BCUT2D eigenvalue weighted by molar-refractivity contribution is 8.23. The molecule has 0 amide bonds. The lowest BCUT2D eigenvalue weighted by molar-refractivity contribution is 0.322. The van der Waals surface area contributed by atoms with E-state index >= 15 is 0 Å². The topological polar surface area (TPSA) is 59.0 Å². The van der Waals surface area contributed by atoms with E-state index in [0.29, 0.717) is 13.1 Å². The molecule has 18 heavy (non-hydrogen) atoms. The van der Waals surface area contributed by atoms with Crippen molar-refractivity contribution in [1.82, 2.24) is 9.62 Å². The molecule has 6 heteroatoms. The Kier molecular flexibility index (Phi) is 3.21. The van der Waals surface area contributed by atoms with Gasteiger partial charge in [-0.05, 0) is 25.1 Å². The van der Waals surface area contributed by atoms with Crippen LogP contribution in [0.3, 0.4) is 0 Å². The maximum atomic E-state index is 10.5. The summed E-state index contributed by atoms with van der Waals surface area (Å²) in [6, 6.07) is 9.86. The quantitative estimate of drug-likeness (QED) is 0.763. The highest BCUT2D eigenvalue weighted by Gasteiger charge is 2.41. The van der Waals surface area contributed by atoms with Crippen LogP contribution in [0.25, 0.3) is 0 Å². The average Bonchev–Trinajstić information content (AvgIpc) is 2.97. The minimum atomic E-state index is -2.84. The summed E-state index contributed by atoms with van der Waals surface area (Å²) in [4.78, 5) is 0. The van der Waals surface area contributed by atoms with Gasteiger partial charge >= 0.3 is 0 Å². The van der Waals surface area contributed by atoms with Crippen molar-refractivity contribution in [2.45, 2.75) is 12.5 Å². The van der Waals surface area contributed by atoms with Gasteiger partial charge in [-0.15, -0.1) is 0 Å². The molecule has 0 radical (unpaired) electrons.